The molecule has 0 aromatic heterocycles. The van der Waals surface area contributed by atoms with Gasteiger partial charge in [0.25, 0.3) is 0 Å². The van der Waals surface area contributed by atoms with Crippen LogP contribution >= 0.6 is 0 Å². The number of ether oxygens (including phenoxy) is 1. The molecule has 0 saturated carbocycles. The first-order chi connectivity index (χ1) is 9.22. The Morgan fingerprint density at radius 3 is 2.42 bits per heavy atom. The van der Waals surface area contributed by atoms with Crippen LogP contribution in [0.4, 0.5) is 0 Å². The Morgan fingerprint density at radius 2 is 1.89 bits per heavy atom. The highest BCUT2D eigenvalue weighted by molar-refractivity contribution is 5.81. The zero-order chi connectivity index (χ0) is 13.7. The van der Waals surface area contributed by atoms with Crippen LogP contribution in [0.25, 0.3) is 0 Å². The van der Waals surface area contributed by atoms with Gasteiger partial charge in [-0.2, -0.15) is 0 Å². The van der Waals surface area contributed by atoms with Crippen molar-refractivity contribution in [2.24, 2.45) is 5.73 Å². The lowest BCUT2D eigenvalue weighted by Crippen LogP contribution is -2.40. The first-order valence-corrected chi connectivity index (χ1v) is 6.98. The predicted octanol–water partition coefficient (Wildman–Crippen LogP) is 2.10. The lowest BCUT2D eigenvalue weighted by atomic mass is 10.0. The number of nitrogens with zero attached hydrogens (tertiary/aromatic N) is 1. The molecule has 1 aliphatic rings. The molecule has 1 aromatic carbocycles. The summed E-state index contributed by atoms with van der Waals surface area (Å²) in [5.74, 6) is 0.555. The highest BCUT2D eigenvalue weighted by Crippen LogP contribution is 2.26. The molecular formula is C15H22N2O2. The molecule has 1 atom stereocenters. The molecule has 1 aliphatic heterocycles. The van der Waals surface area contributed by atoms with E-state index in [9.17, 15) is 4.79 Å². The molecule has 0 spiro atoms. The maximum Gasteiger partial charge on any atom is 0.239 e. The van der Waals surface area contributed by atoms with E-state index in [0.29, 0.717) is 6.61 Å². The number of nitrogens with two attached hydrogens (primary N) is 1. The smallest absolute Gasteiger partial charge is 0.239 e. The quantitative estimate of drug-likeness (QED) is 0.884. The molecule has 104 valence electrons. The van der Waals surface area contributed by atoms with Crippen LogP contribution < -0.4 is 10.5 Å². The summed E-state index contributed by atoms with van der Waals surface area (Å²) in [6.07, 6.45) is 3.52. The fourth-order valence-corrected chi connectivity index (χ4v) is 2.64. The molecule has 19 heavy (non-hydrogen) atoms. The number of hydrogen-bond donors (Lipinski definition) is 1. The SMILES string of the molecule is CCOc1ccc(C(C(N)=O)N2CCCCC2)cc1. The molecule has 2 N–H and O–H groups in total. The van der Waals surface area contributed by atoms with E-state index in [-0.39, 0.29) is 11.9 Å². The highest BCUT2D eigenvalue weighted by Gasteiger charge is 2.26. The second-order valence-electron chi connectivity index (χ2n) is 4.90. The van der Waals surface area contributed by atoms with Gasteiger partial charge in [-0.15, -0.1) is 0 Å². The van der Waals surface area contributed by atoms with E-state index in [1.165, 1.54) is 6.42 Å². The zero-order valence-electron chi connectivity index (χ0n) is 11.5. The molecule has 1 unspecified atom stereocenters. The number of hydrogen-bond acceptors (Lipinski definition) is 3. The number of piperidine rings is 1. The summed E-state index contributed by atoms with van der Waals surface area (Å²) in [7, 11) is 0. The van der Waals surface area contributed by atoms with E-state index in [1.807, 2.05) is 31.2 Å². The molecule has 4 heteroatoms. The molecule has 1 amide bonds. The Morgan fingerprint density at radius 1 is 1.26 bits per heavy atom. The van der Waals surface area contributed by atoms with Crippen LogP contribution in [0.15, 0.2) is 24.3 Å². The van der Waals surface area contributed by atoms with Crippen molar-refractivity contribution in [1.82, 2.24) is 4.90 Å². The normalized spacial score (nSPS) is 17.9. The lowest BCUT2D eigenvalue weighted by molar-refractivity contribution is -0.123. The summed E-state index contributed by atoms with van der Waals surface area (Å²) < 4.78 is 5.42. The molecular weight excluding hydrogens is 240 g/mol. The molecule has 1 fully saturated rings. The molecule has 0 radical (unpaired) electrons. The Bertz CT molecular complexity index is 411. The van der Waals surface area contributed by atoms with Crippen LogP contribution in [0.5, 0.6) is 5.75 Å². The zero-order valence-corrected chi connectivity index (χ0v) is 11.5. The highest BCUT2D eigenvalue weighted by atomic mass is 16.5. The lowest BCUT2D eigenvalue weighted by Gasteiger charge is -2.32. The molecule has 0 bridgehead atoms. The summed E-state index contributed by atoms with van der Waals surface area (Å²) in [4.78, 5) is 13.9. The Hall–Kier alpha value is -1.55. The van der Waals surface area contributed by atoms with Gasteiger partial charge in [0.2, 0.25) is 5.91 Å². The number of primary amides is 1. The Labute approximate surface area is 114 Å². The molecule has 2 rings (SSSR count). The number of benzene rings is 1. The van der Waals surface area contributed by atoms with E-state index in [1.54, 1.807) is 0 Å². The summed E-state index contributed by atoms with van der Waals surface area (Å²) >= 11 is 0. The number of likely N-dealkylation sites (tertiary alicyclic amines) is 1. The third-order valence-corrected chi connectivity index (χ3v) is 3.53. The van der Waals surface area contributed by atoms with Gasteiger partial charge in [0, 0.05) is 0 Å². The predicted molar refractivity (Wildman–Crippen MR) is 75.0 cm³/mol. The summed E-state index contributed by atoms with van der Waals surface area (Å²) in [6.45, 7) is 4.49. The van der Waals surface area contributed by atoms with Gasteiger partial charge in [-0.25, -0.2) is 0 Å². The van der Waals surface area contributed by atoms with E-state index < -0.39 is 0 Å². The van der Waals surface area contributed by atoms with E-state index in [4.69, 9.17) is 10.5 Å². The van der Waals surface area contributed by atoms with Gasteiger partial charge >= 0.3 is 0 Å². The van der Waals surface area contributed by atoms with Crippen molar-refractivity contribution in [2.45, 2.75) is 32.2 Å². The van der Waals surface area contributed by atoms with Gasteiger partial charge in [-0.1, -0.05) is 18.6 Å². The third-order valence-electron chi connectivity index (χ3n) is 3.53. The number of amides is 1. The van der Waals surface area contributed by atoms with Crippen molar-refractivity contribution < 1.29 is 9.53 Å². The van der Waals surface area contributed by atoms with E-state index in [2.05, 4.69) is 4.90 Å². The topological polar surface area (TPSA) is 55.6 Å². The fourth-order valence-electron chi connectivity index (χ4n) is 2.64. The number of rotatable bonds is 5. The van der Waals surface area contributed by atoms with Gasteiger partial charge in [0.15, 0.2) is 0 Å². The third kappa shape index (κ3) is 3.47. The molecule has 1 saturated heterocycles. The van der Waals surface area contributed by atoms with Crippen LogP contribution in [0.2, 0.25) is 0 Å². The molecule has 1 heterocycles. The standard InChI is InChI=1S/C15H22N2O2/c1-2-19-13-8-6-12(7-9-13)14(15(16)18)17-10-4-3-5-11-17/h6-9,14H,2-5,10-11H2,1H3,(H2,16,18). The molecule has 0 aliphatic carbocycles. The van der Waals surface area contributed by atoms with Crippen LogP contribution in [-0.2, 0) is 4.79 Å². The maximum absolute atomic E-state index is 11.8. The van der Waals surface area contributed by atoms with Gasteiger partial charge in [-0.3, -0.25) is 9.69 Å². The maximum atomic E-state index is 11.8. The summed E-state index contributed by atoms with van der Waals surface area (Å²) in [5.41, 5.74) is 6.54. The van der Waals surface area contributed by atoms with Gasteiger partial charge in [-0.05, 0) is 50.6 Å². The van der Waals surface area contributed by atoms with Crippen LogP contribution in [0.1, 0.15) is 37.8 Å². The van der Waals surface area contributed by atoms with Crippen molar-refractivity contribution in [3.8, 4) is 5.75 Å². The monoisotopic (exact) mass is 262 g/mol. The van der Waals surface area contributed by atoms with Crippen molar-refractivity contribution in [1.29, 1.82) is 0 Å². The molecule has 1 aromatic rings. The van der Waals surface area contributed by atoms with E-state index in [0.717, 1.165) is 37.2 Å². The van der Waals surface area contributed by atoms with Crippen molar-refractivity contribution in [3.63, 3.8) is 0 Å². The molecule has 4 nitrogen and oxygen atoms in total. The minimum atomic E-state index is -0.309. The van der Waals surface area contributed by atoms with Crippen molar-refractivity contribution in [2.75, 3.05) is 19.7 Å². The van der Waals surface area contributed by atoms with Crippen LogP contribution in [-0.4, -0.2) is 30.5 Å². The fraction of sp³-hybridized carbons (Fsp3) is 0.533. The van der Waals surface area contributed by atoms with Crippen LogP contribution in [0, 0.1) is 0 Å². The largest absolute Gasteiger partial charge is 0.494 e. The first-order valence-electron chi connectivity index (χ1n) is 6.98. The van der Waals surface area contributed by atoms with Gasteiger partial charge < -0.3 is 10.5 Å². The minimum absolute atomic E-state index is 0.272. The van der Waals surface area contributed by atoms with Gasteiger partial charge in [0.05, 0.1) is 6.61 Å². The van der Waals surface area contributed by atoms with E-state index >= 15 is 0 Å². The number of carbonyl (C=O) groups excluding carboxylic acids is 1. The van der Waals surface area contributed by atoms with Crippen LogP contribution in [0.3, 0.4) is 0 Å². The number of carbonyl (C=O) groups is 1. The van der Waals surface area contributed by atoms with Crippen molar-refractivity contribution >= 4 is 5.91 Å². The Balaban J connectivity index is 2.15. The summed E-state index contributed by atoms with van der Waals surface area (Å²) in [6, 6.07) is 7.37. The Kier molecular flexibility index (Phi) is 4.80. The summed E-state index contributed by atoms with van der Waals surface area (Å²) in [5, 5.41) is 0. The average molecular weight is 262 g/mol. The second kappa shape index (κ2) is 6.57. The average Bonchev–Trinajstić information content (AvgIpc) is 2.42. The first kappa shape index (κ1) is 13.9. The van der Waals surface area contributed by atoms with Crippen molar-refractivity contribution in [3.05, 3.63) is 29.8 Å². The minimum Gasteiger partial charge on any atom is -0.494 e. The van der Waals surface area contributed by atoms with Gasteiger partial charge in [0.1, 0.15) is 11.8 Å². The second-order valence-corrected chi connectivity index (χ2v) is 4.90.